The third-order valence-electron chi connectivity index (χ3n) is 3.61. The molecule has 0 heterocycles. The van der Waals surface area contributed by atoms with Crippen LogP contribution in [0.5, 0.6) is 0 Å². The predicted octanol–water partition coefficient (Wildman–Crippen LogP) is 4.13. The van der Waals surface area contributed by atoms with Crippen LogP contribution in [0.4, 0.5) is 0 Å². The number of benzene rings is 3. The first-order valence-corrected chi connectivity index (χ1v) is 9.66. The molecule has 3 aromatic rings. The molecule has 3 aromatic carbocycles. The Morgan fingerprint density at radius 3 is 1.86 bits per heavy atom. The van der Waals surface area contributed by atoms with Crippen molar-refractivity contribution >= 4 is 66.2 Å². The monoisotopic (exact) mass is 452 g/mol. The lowest BCUT2D eigenvalue weighted by molar-refractivity contribution is 1.57. The third kappa shape index (κ3) is 3.60. The van der Waals surface area contributed by atoms with Gasteiger partial charge in [0.05, 0.1) is 0 Å². The maximum absolute atomic E-state index is 2.79. The molecule has 4 heteroatoms. The summed E-state index contributed by atoms with van der Waals surface area (Å²) in [5.41, 5.74) is 5.04. The van der Waals surface area contributed by atoms with Crippen LogP contribution in [0.25, 0.3) is 22.3 Å². The van der Waals surface area contributed by atoms with E-state index in [1.807, 2.05) is 0 Å². The van der Waals surface area contributed by atoms with Crippen LogP contribution in [0.2, 0.25) is 0 Å². The van der Waals surface area contributed by atoms with Gasteiger partial charge in [-0.25, -0.2) is 0 Å². The topological polar surface area (TPSA) is 0 Å². The summed E-state index contributed by atoms with van der Waals surface area (Å²) in [5, 5.41) is 3.65. The van der Waals surface area contributed by atoms with Crippen molar-refractivity contribution in [3.8, 4) is 22.3 Å². The Morgan fingerprint density at radius 2 is 1.23 bits per heavy atom. The zero-order valence-electron chi connectivity index (χ0n) is 11.9. The number of hydrogen-bond acceptors (Lipinski definition) is 0. The molecular weight excluding hydrogens is 436 g/mol. The lowest BCUT2D eigenvalue weighted by Crippen LogP contribution is -2.10. The van der Waals surface area contributed by atoms with Gasteiger partial charge in [-0.2, -0.15) is 0 Å². The van der Waals surface area contributed by atoms with Gasteiger partial charge in [-0.3, -0.25) is 0 Å². The average molecular weight is 452 g/mol. The van der Waals surface area contributed by atoms with E-state index in [0.29, 0.717) is 0 Å². The maximum atomic E-state index is 2.79. The van der Waals surface area contributed by atoms with Crippen LogP contribution < -0.4 is 15.9 Å². The molecule has 3 unspecified atom stereocenters. The lowest BCUT2D eigenvalue weighted by Gasteiger charge is -2.10. The smallest absolute Gasteiger partial charge is 0.0214 e. The van der Waals surface area contributed by atoms with Gasteiger partial charge in [0.15, 0.2) is 0 Å². The van der Waals surface area contributed by atoms with E-state index in [9.17, 15) is 0 Å². The van der Waals surface area contributed by atoms with E-state index in [1.54, 1.807) is 0 Å². The lowest BCUT2D eigenvalue weighted by atomic mass is 10.0. The molecule has 0 spiro atoms. The molecule has 0 aromatic heterocycles. The Bertz CT molecular complexity index is 826. The second-order valence-electron chi connectivity index (χ2n) is 5.16. The highest BCUT2D eigenvalue weighted by molar-refractivity contribution is 14.1. The Kier molecular flexibility index (Phi) is 5.31. The van der Waals surface area contributed by atoms with Crippen molar-refractivity contribution in [2.45, 2.75) is 0 Å². The van der Waals surface area contributed by atoms with Crippen molar-refractivity contribution < 1.29 is 0 Å². The minimum absolute atomic E-state index is 1.21. The van der Waals surface area contributed by atoms with E-state index in [0.717, 1.165) is 0 Å². The highest BCUT2D eigenvalue weighted by Gasteiger charge is 2.07. The van der Waals surface area contributed by atoms with Gasteiger partial charge in [0.2, 0.25) is 0 Å². The van der Waals surface area contributed by atoms with Crippen molar-refractivity contribution in [3.05, 3.63) is 64.2 Å². The third-order valence-corrected chi connectivity index (χ3v) is 6.25. The average Bonchev–Trinajstić information content (AvgIpc) is 2.51. The Hall–Kier alpha value is -0.320. The molecule has 22 heavy (non-hydrogen) atoms. The van der Waals surface area contributed by atoms with Crippen LogP contribution >= 0.6 is 50.3 Å². The van der Waals surface area contributed by atoms with E-state index in [-0.39, 0.29) is 0 Å². The summed E-state index contributed by atoms with van der Waals surface area (Å²) in [7, 11) is 8.28. The highest BCUT2D eigenvalue weighted by atomic mass is 127. The summed E-state index contributed by atoms with van der Waals surface area (Å²) >= 11 is 2.43. The summed E-state index contributed by atoms with van der Waals surface area (Å²) in [4.78, 5) is 0. The van der Waals surface area contributed by atoms with Gasteiger partial charge in [0, 0.05) is 3.57 Å². The predicted molar refractivity (Wildman–Crippen MR) is 118 cm³/mol. The fraction of sp³-hybridized carbons (Fsp3) is 0. The van der Waals surface area contributed by atoms with Crippen molar-refractivity contribution in [2.75, 3.05) is 0 Å². The number of halogens is 1. The summed E-state index contributed by atoms with van der Waals surface area (Å²) in [6, 6.07) is 21.8. The molecule has 0 N–H and O–H groups in total. The zero-order chi connectivity index (χ0) is 15.7. The van der Waals surface area contributed by atoms with Crippen molar-refractivity contribution in [3.63, 3.8) is 0 Å². The van der Waals surface area contributed by atoms with Crippen LogP contribution in [0.1, 0.15) is 0 Å². The quantitative estimate of drug-likeness (QED) is 0.406. The first kappa shape index (κ1) is 16.5. The second-order valence-corrected chi connectivity index (χ2v) is 8.23. The van der Waals surface area contributed by atoms with Crippen molar-refractivity contribution in [1.29, 1.82) is 0 Å². The van der Waals surface area contributed by atoms with Gasteiger partial charge in [-0.15, -0.1) is 27.7 Å². The molecule has 3 rings (SSSR count). The molecule has 0 aliphatic rings. The minimum Gasteiger partial charge on any atom is -0.106 e. The van der Waals surface area contributed by atoms with E-state index in [4.69, 9.17) is 0 Å². The first-order chi connectivity index (χ1) is 10.5. The SMILES string of the molecule is Pc1ccc(-c2ccc(-c3ccc(P)c(P)c3)c(I)c2)cc1. The molecule has 0 aliphatic heterocycles. The van der Waals surface area contributed by atoms with Gasteiger partial charge in [0.25, 0.3) is 0 Å². The van der Waals surface area contributed by atoms with Crippen molar-refractivity contribution in [2.24, 2.45) is 0 Å². The second kappa shape index (κ2) is 7.06. The summed E-state index contributed by atoms with van der Waals surface area (Å²) < 4.78 is 1.27. The normalized spacial score (nSPS) is 10.7. The molecular formula is C18H16IP3. The van der Waals surface area contributed by atoms with Gasteiger partial charge >= 0.3 is 0 Å². The number of rotatable bonds is 2. The summed E-state index contributed by atoms with van der Waals surface area (Å²) in [5.74, 6) is 0. The molecule has 0 aliphatic carbocycles. The molecule has 0 nitrogen and oxygen atoms in total. The van der Waals surface area contributed by atoms with Crippen LogP contribution in [-0.4, -0.2) is 0 Å². The first-order valence-electron chi connectivity index (χ1n) is 6.85. The van der Waals surface area contributed by atoms with Crippen LogP contribution in [-0.2, 0) is 0 Å². The molecule has 0 amide bonds. The van der Waals surface area contributed by atoms with E-state index >= 15 is 0 Å². The largest absolute Gasteiger partial charge is 0.106 e. The fourth-order valence-electron chi connectivity index (χ4n) is 2.35. The zero-order valence-corrected chi connectivity index (χ0v) is 17.5. The molecule has 0 radical (unpaired) electrons. The van der Waals surface area contributed by atoms with Gasteiger partial charge < -0.3 is 0 Å². The molecule has 110 valence electrons. The van der Waals surface area contributed by atoms with Crippen LogP contribution in [0, 0.1) is 3.57 Å². The van der Waals surface area contributed by atoms with E-state index in [1.165, 1.54) is 41.7 Å². The summed E-state index contributed by atoms with van der Waals surface area (Å²) in [6.45, 7) is 0. The fourth-order valence-corrected chi connectivity index (χ4v) is 3.82. The minimum atomic E-state index is 1.21. The van der Waals surface area contributed by atoms with E-state index in [2.05, 4.69) is 111 Å². The van der Waals surface area contributed by atoms with Gasteiger partial charge in [-0.1, -0.05) is 48.5 Å². The molecule has 0 saturated carbocycles. The molecule has 0 saturated heterocycles. The van der Waals surface area contributed by atoms with Gasteiger partial charge in [-0.05, 0) is 72.9 Å². The molecule has 3 atom stereocenters. The Balaban J connectivity index is 2.01. The molecule has 0 fully saturated rings. The van der Waals surface area contributed by atoms with Crippen LogP contribution in [0.15, 0.2) is 60.7 Å². The molecule has 0 bridgehead atoms. The van der Waals surface area contributed by atoms with Crippen molar-refractivity contribution in [1.82, 2.24) is 0 Å². The summed E-state index contributed by atoms with van der Waals surface area (Å²) in [6.07, 6.45) is 0. The van der Waals surface area contributed by atoms with E-state index < -0.39 is 0 Å². The van der Waals surface area contributed by atoms with Crippen LogP contribution in [0.3, 0.4) is 0 Å². The standard InChI is InChI=1S/C18H16IP3/c19-16-9-12(11-1-5-14(20)6-2-11)3-7-15(16)13-4-8-17(21)18(22)10-13/h1-10H,20-22H2. The Labute approximate surface area is 152 Å². The Morgan fingerprint density at radius 1 is 0.591 bits per heavy atom. The maximum Gasteiger partial charge on any atom is 0.0214 e. The number of hydrogen-bond donors (Lipinski definition) is 0. The van der Waals surface area contributed by atoms with Gasteiger partial charge in [0.1, 0.15) is 0 Å². The highest BCUT2D eigenvalue weighted by Crippen LogP contribution is 2.29.